The zero-order valence-corrected chi connectivity index (χ0v) is 11.9. The highest BCUT2D eigenvalue weighted by Gasteiger charge is 2.15. The Hall–Kier alpha value is -0.870. The molecular weight excluding hydrogens is 246 g/mol. The predicted octanol–water partition coefficient (Wildman–Crippen LogP) is 2.86. The molecule has 0 radical (unpaired) electrons. The highest BCUT2D eigenvalue weighted by Crippen LogP contribution is 2.32. The molecule has 18 heavy (non-hydrogen) atoms. The number of benzene rings is 1. The first-order valence-corrected chi connectivity index (χ1v) is 7.86. The first kappa shape index (κ1) is 13.6. The minimum absolute atomic E-state index is 0.377. The van der Waals surface area contributed by atoms with Crippen molar-refractivity contribution < 1.29 is 9.47 Å². The molecule has 1 aliphatic heterocycles. The van der Waals surface area contributed by atoms with Gasteiger partial charge in [0.25, 0.3) is 0 Å². The van der Waals surface area contributed by atoms with Crippen molar-refractivity contribution in [2.45, 2.75) is 19.4 Å². The van der Waals surface area contributed by atoms with Gasteiger partial charge in [-0.3, -0.25) is 0 Å². The molecule has 0 aliphatic carbocycles. The van der Waals surface area contributed by atoms with Gasteiger partial charge in [-0.25, -0.2) is 0 Å². The van der Waals surface area contributed by atoms with E-state index in [4.69, 9.17) is 9.47 Å². The third kappa shape index (κ3) is 3.33. The Morgan fingerprint density at radius 1 is 1.28 bits per heavy atom. The van der Waals surface area contributed by atoms with Crippen molar-refractivity contribution in [2.75, 3.05) is 31.8 Å². The number of fused-ring (bicyclic) bond motifs is 1. The monoisotopic (exact) mass is 267 g/mol. The van der Waals surface area contributed by atoms with E-state index in [2.05, 4.69) is 30.6 Å². The van der Waals surface area contributed by atoms with Gasteiger partial charge in [0.15, 0.2) is 11.5 Å². The van der Waals surface area contributed by atoms with Gasteiger partial charge in [0.05, 0.1) is 13.2 Å². The average molecular weight is 267 g/mol. The average Bonchev–Trinajstić information content (AvgIpc) is 2.62. The smallest absolute Gasteiger partial charge is 0.161 e. The van der Waals surface area contributed by atoms with Gasteiger partial charge in [-0.15, -0.1) is 0 Å². The molecule has 0 saturated heterocycles. The summed E-state index contributed by atoms with van der Waals surface area (Å²) in [5.41, 5.74) is 1.27. The van der Waals surface area contributed by atoms with Crippen LogP contribution in [0.5, 0.6) is 11.5 Å². The van der Waals surface area contributed by atoms with Crippen LogP contribution in [0.25, 0.3) is 0 Å². The molecule has 0 bridgehead atoms. The van der Waals surface area contributed by atoms with Crippen molar-refractivity contribution in [1.29, 1.82) is 0 Å². The molecule has 1 aliphatic rings. The molecule has 0 amide bonds. The molecule has 1 atom stereocenters. The lowest BCUT2D eigenvalue weighted by atomic mass is 10.1. The molecule has 1 aromatic rings. The second-order valence-corrected chi connectivity index (χ2v) is 5.23. The quantitative estimate of drug-likeness (QED) is 0.888. The number of rotatable bonds is 5. The van der Waals surface area contributed by atoms with Gasteiger partial charge < -0.3 is 14.8 Å². The molecule has 0 saturated carbocycles. The lowest BCUT2D eigenvalue weighted by molar-refractivity contribution is 0.297. The van der Waals surface area contributed by atoms with E-state index in [-0.39, 0.29) is 0 Å². The summed E-state index contributed by atoms with van der Waals surface area (Å²) in [6.45, 7) is 4.59. The fraction of sp³-hybridized carbons (Fsp3) is 0.571. The molecular formula is C14H21NO2S. The Balaban J connectivity index is 2.19. The lowest BCUT2D eigenvalue weighted by Gasteiger charge is -2.18. The lowest BCUT2D eigenvalue weighted by Crippen LogP contribution is -2.22. The number of nitrogens with one attached hydrogen (secondary N) is 1. The second kappa shape index (κ2) is 6.90. The molecule has 1 aromatic carbocycles. The van der Waals surface area contributed by atoms with Crippen LogP contribution in [0.2, 0.25) is 0 Å². The van der Waals surface area contributed by atoms with Gasteiger partial charge in [0, 0.05) is 18.2 Å². The van der Waals surface area contributed by atoms with E-state index >= 15 is 0 Å². The van der Waals surface area contributed by atoms with Gasteiger partial charge in [-0.05, 0) is 30.5 Å². The summed E-state index contributed by atoms with van der Waals surface area (Å²) in [5, 5.41) is 3.51. The zero-order chi connectivity index (χ0) is 12.8. The Morgan fingerprint density at radius 2 is 2.06 bits per heavy atom. The molecule has 3 nitrogen and oxygen atoms in total. The number of thioether (sulfide) groups is 1. The molecule has 100 valence electrons. The minimum atomic E-state index is 0.377. The fourth-order valence-electron chi connectivity index (χ4n) is 2.08. The van der Waals surface area contributed by atoms with Crippen LogP contribution < -0.4 is 14.8 Å². The maximum atomic E-state index is 5.74. The SMILES string of the molecule is CCNC(CSC)c1ccc2c(c1)OCCCO2. The highest BCUT2D eigenvalue weighted by molar-refractivity contribution is 7.98. The summed E-state index contributed by atoms with van der Waals surface area (Å²) in [6, 6.07) is 6.66. The third-order valence-corrected chi connectivity index (χ3v) is 3.62. The van der Waals surface area contributed by atoms with Crippen molar-refractivity contribution in [3.63, 3.8) is 0 Å². The topological polar surface area (TPSA) is 30.5 Å². The van der Waals surface area contributed by atoms with Gasteiger partial charge in [0.2, 0.25) is 0 Å². The van der Waals surface area contributed by atoms with Crippen LogP contribution in [0, 0.1) is 0 Å². The van der Waals surface area contributed by atoms with Gasteiger partial charge >= 0.3 is 0 Å². The van der Waals surface area contributed by atoms with Crippen LogP contribution >= 0.6 is 11.8 Å². The Kier molecular flexibility index (Phi) is 5.20. The Labute approximate surface area is 113 Å². The highest BCUT2D eigenvalue weighted by atomic mass is 32.2. The summed E-state index contributed by atoms with van der Waals surface area (Å²) in [6.07, 6.45) is 3.08. The van der Waals surface area contributed by atoms with E-state index in [1.54, 1.807) is 0 Å². The predicted molar refractivity (Wildman–Crippen MR) is 76.8 cm³/mol. The van der Waals surface area contributed by atoms with Crippen LogP contribution in [0.3, 0.4) is 0 Å². The van der Waals surface area contributed by atoms with Crippen molar-refractivity contribution in [2.24, 2.45) is 0 Å². The normalized spacial score (nSPS) is 16.1. The van der Waals surface area contributed by atoms with Crippen LogP contribution in [0.1, 0.15) is 24.9 Å². The first-order chi connectivity index (χ1) is 8.85. The van der Waals surface area contributed by atoms with E-state index in [0.717, 1.165) is 43.4 Å². The first-order valence-electron chi connectivity index (χ1n) is 6.47. The van der Waals surface area contributed by atoms with E-state index in [1.807, 2.05) is 17.8 Å². The van der Waals surface area contributed by atoms with E-state index in [0.29, 0.717) is 6.04 Å². The van der Waals surface area contributed by atoms with Crippen LogP contribution in [-0.4, -0.2) is 31.8 Å². The zero-order valence-electron chi connectivity index (χ0n) is 11.1. The maximum Gasteiger partial charge on any atom is 0.161 e. The standard InChI is InChI=1S/C14H21NO2S/c1-3-15-12(10-18-2)11-5-6-13-14(9-11)17-8-4-7-16-13/h5-6,9,12,15H,3-4,7-8,10H2,1-2H3. The molecule has 2 rings (SSSR count). The summed E-state index contributed by atoms with van der Waals surface area (Å²) in [7, 11) is 0. The molecule has 0 aromatic heterocycles. The molecule has 0 fully saturated rings. The number of hydrogen-bond donors (Lipinski definition) is 1. The molecule has 1 unspecified atom stereocenters. The fourth-order valence-corrected chi connectivity index (χ4v) is 2.73. The van der Waals surface area contributed by atoms with Crippen molar-refractivity contribution in [3.05, 3.63) is 23.8 Å². The van der Waals surface area contributed by atoms with Crippen molar-refractivity contribution >= 4 is 11.8 Å². The van der Waals surface area contributed by atoms with Crippen LogP contribution in [0.15, 0.2) is 18.2 Å². The van der Waals surface area contributed by atoms with E-state index in [1.165, 1.54) is 5.56 Å². The van der Waals surface area contributed by atoms with E-state index in [9.17, 15) is 0 Å². The summed E-state index contributed by atoms with van der Waals surface area (Å²) >= 11 is 1.85. The minimum Gasteiger partial charge on any atom is -0.490 e. The maximum absolute atomic E-state index is 5.74. The third-order valence-electron chi connectivity index (χ3n) is 2.96. The molecule has 4 heteroatoms. The summed E-state index contributed by atoms with van der Waals surface area (Å²) in [5.74, 6) is 2.82. The van der Waals surface area contributed by atoms with Crippen LogP contribution in [0.4, 0.5) is 0 Å². The molecule has 1 heterocycles. The largest absolute Gasteiger partial charge is 0.490 e. The summed E-state index contributed by atoms with van der Waals surface area (Å²) < 4.78 is 11.4. The van der Waals surface area contributed by atoms with Gasteiger partial charge in [-0.2, -0.15) is 11.8 Å². The van der Waals surface area contributed by atoms with Crippen LogP contribution in [-0.2, 0) is 0 Å². The van der Waals surface area contributed by atoms with E-state index < -0.39 is 0 Å². The molecule has 1 N–H and O–H groups in total. The Morgan fingerprint density at radius 3 is 2.78 bits per heavy atom. The van der Waals surface area contributed by atoms with Crippen molar-refractivity contribution in [3.8, 4) is 11.5 Å². The van der Waals surface area contributed by atoms with Gasteiger partial charge in [-0.1, -0.05) is 13.0 Å². The second-order valence-electron chi connectivity index (χ2n) is 4.32. The number of ether oxygens (including phenoxy) is 2. The Bertz CT molecular complexity index is 378. The molecule has 0 spiro atoms. The van der Waals surface area contributed by atoms with Crippen molar-refractivity contribution in [1.82, 2.24) is 5.32 Å². The van der Waals surface area contributed by atoms with Gasteiger partial charge in [0.1, 0.15) is 0 Å². The number of hydrogen-bond acceptors (Lipinski definition) is 4. The summed E-state index contributed by atoms with van der Waals surface area (Å²) in [4.78, 5) is 0.